The number of carbonyl (C=O) groups is 2. The van der Waals surface area contributed by atoms with Crippen LogP contribution in [0.5, 0.6) is 0 Å². The molecular formula is C27H32N4O2. The molecule has 2 amide bonds. The molecule has 1 aliphatic rings. The first-order valence-electron chi connectivity index (χ1n) is 11.8. The molecule has 2 aromatic carbocycles. The molecule has 0 spiro atoms. The van der Waals surface area contributed by atoms with Crippen molar-refractivity contribution in [3.05, 3.63) is 65.9 Å². The van der Waals surface area contributed by atoms with Crippen LogP contribution in [0.15, 0.2) is 54.6 Å². The number of para-hydroxylation sites is 1. The average Bonchev–Trinajstić information content (AvgIpc) is 3.61. The molecule has 1 N–H and O–H groups in total. The van der Waals surface area contributed by atoms with Crippen LogP contribution >= 0.6 is 0 Å². The number of hydrogen-bond acceptors (Lipinski definition) is 3. The molecule has 0 atom stereocenters. The third-order valence-corrected chi connectivity index (χ3v) is 6.08. The van der Waals surface area contributed by atoms with Gasteiger partial charge in [-0.15, -0.1) is 0 Å². The van der Waals surface area contributed by atoms with Crippen LogP contribution in [0.4, 0.5) is 5.82 Å². The Balaban J connectivity index is 1.68. The summed E-state index contributed by atoms with van der Waals surface area (Å²) in [6, 6.07) is 17.9. The lowest BCUT2D eigenvalue weighted by Crippen LogP contribution is -2.39. The van der Waals surface area contributed by atoms with Crippen LogP contribution in [0.3, 0.4) is 0 Å². The maximum absolute atomic E-state index is 13.2. The monoisotopic (exact) mass is 444 g/mol. The van der Waals surface area contributed by atoms with Gasteiger partial charge in [-0.05, 0) is 50.3 Å². The first-order valence-corrected chi connectivity index (χ1v) is 11.8. The molecule has 4 rings (SSSR count). The van der Waals surface area contributed by atoms with Crippen molar-refractivity contribution in [1.82, 2.24) is 14.7 Å². The molecule has 1 fully saturated rings. The Morgan fingerprint density at radius 1 is 1.06 bits per heavy atom. The molecule has 0 saturated heterocycles. The summed E-state index contributed by atoms with van der Waals surface area (Å²) in [6.07, 6.45) is 3.73. The lowest BCUT2D eigenvalue weighted by Gasteiger charge is -2.22. The third-order valence-electron chi connectivity index (χ3n) is 6.08. The number of nitrogens with one attached hydrogen (secondary N) is 1. The molecule has 33 heavy (non-hydrogen) atoms. The molecule has 1 aliphatic carbocycles. The summed E-state index contributed by atoms with van der Waals surface area (Å²) in [6.45, 7) is 6.75. The Hall–Kier alpha value is -3.41. The van der Waals surface area contributed by atoms with Gasteiger partial charge < -0.3 is 10.2 Å². The number of amides is 2. The fourth-order valence-electron chi connectivity index (χ4n) is 4.12. The normalized spacial score (nSPS) is 13.1. The van der Waals surface area contributed by atoms with E-state index in [2.05, 4.69) is 12.2 Å². The Bertz CT molecular complexity index is 1130. The van der Waals surface area contributed by atoms with Gasteiger partial charge in [-0.1, -0.05) is 61.9 Å². The van der Waals surface area contributed by atoms with E-state index in [-0.39, 0.29) is 24.3 Å². The number of aromatic nitrogens is 2. The van der Waals surface area contributed by atoms with E-state index in [0.717, 1.165) is 53.8 Å². The number of anilines is 1. The fraction of sp³-hybridized carbons (Fsp3) is 0.370. The van der Waals surface area contributed by atoms with Crippen molar-refractivity contribution in [3.63, 3.8) is 0 Å². The van der Waals surface area contributed by atoms with Crippen molar-refractivity contribution in [2.24, 2.45) is 5.92 Å². The lowest BCUT2D eigenvalue weighted by atomic mass is 10.1. The van der Waals surface area contributed by atoms with E-state index >= 15 is 0 Å². The standard InChI is InChI=1S/C27H32N4O2/c1-4-5-17-30(27(33)22-15-16-22)18-24(32)28-26-25(21-12-7-6-8-13-21)20(3)29-31(26)23-14-10-9-11-19(23)2/h6-14,22H,4-5,15-18H2,1-3H3,(H,28,32). The second kappa shape index (κ2) is 10.0. The van der Waals surface area contributed by atoms with Gasteiger partial charge in [-0.25, -0.2) is 4.68 Å². The third kappa shape index (κ3) is 5.16. The van der Waals surface area contributed by atoms with Gasteiger partial charge in [0.05, 0.1) is 17.9 Å². The minimum atomic E-state index is -0.202. The maximum Gasteiger partial charge on any atom is 0.245 e. The fourth-order valence-corrected chi connectivity index (χ4v) is 4.12. The number of unbranched alkanes of at least 4 members (excludes halogenated alkanes) is 1. The van der Waals surface area contributed by atoms with Gasteiger partial charge in [0.25, 0.3) is 0 Å². The van der Waals surface area contributed by atoms with Crippen LogP contribution in [0.2, 0.25) is 0 Å². The Morgan fingerprint density at radius 3 is 2.42 bits per heavy atom. The first-order chi connectivity index (χ1) is 16.0. The minimum absolute atomic E-state index is 0.0571. The van der Waals surface area contributed by atoms with Crippen molar-refractivity contribution >= 4 is 17.6 Å². The molecular weight excluding hydrogens is 412 g/mol. The van der Waals surface area contributed by atoms with E-state index in [0.29, 0.717) is 12.4 Å². The zero-order valence-corrected chi connectivity index (χ0v) is 19.7. The first kappa shape index (κ1) is 22.8. The Labute approximate surface area is 195 Å². The highest BCUT2D eigenvalue weighted by Gasteiger charge is 2.34. The van der Waals surface area contributed by atoms with Gasteiger partial charge in [-0.3, -0.25) is 9.59 Å². The SMILES string of the molecule is CCCCN(CC(=O)Nc1c(-c2ccccc2)c(C)nn1-c1ccccc1C)C(=O)C1CC1. The summed E-state index contributed by atoms with van der Waals surface area (Å²) in [4.78, 5) is 27.7. The molecule has 3 aromatic rings. The van der Waals surface area contributed by atoms with E-state index in [9.17, 15) is 9.59 Å². The van der Waals surface area contributed by atoms with E-state index in [1.54, 1.807) is 4.90 Å². The summed E-state index contributed by atoms with van der Waals surface area (Å²) in [5, 5.41) is 7.91. The van der Waals surface area contributed by atoms with Crippen molar-refractivity contribution < 1.29 is 9.59 Å². The topological polar surface area (TPSA) is 67.2 Å². The quantitative estimate of drug-likeness (QED) is 0.497. The predicted molar refractivity (Wildman–Crippen MR) is 131 cm³/mol. The molecule has 0 bridgehead atoms. The van der Waals surface area contributed by atoms with E-state index in [1.807, 2.05) is 73.1 Å². The average molecular weight is 445 g/mol. The molecule has 0 radical (unpaired) electrons. The summed E-state index contributed by atoms with van der Waals surface area (Å²) in [5.74, 6) is 0.624. The van der Waals surface area contributed by atoms with Crippen LogP contribution in [0, 0.1) is 19.8 Å². The highest BCUT2D eigenvalue weighted by Crippen LogP contribution is 2.34. The van der Waals surface area contributed by atoms with Gasteiger partial charge in [-0.2, -0.15) is 5.10 Å². The molecule has 1 saturated carbocycles. The number of aryl methyl sites for hydroxylation is 2. The van der Waals surface area contributed by atoms with Crippen LogP contribution in [0.1, 0.15) is 43.9 Å². The second-order valence-corrected chi connectivity index (χ2v) is 8.81. The van der Waals surface area contributed by atoms with E-state index < -0.39 is 0 Å². The number of nitrogens with zero attached hydrogens (tertiary/aromatic N) is 3. The highest BCUT2D eigenvalue weighted by atomic mass is 16.2. The molecule has 6 heteroatoms. The number of benzene rings is 2. The highest BCUT2D eigenvalue weighted by molar-refractivity contribution is 5.98. The van der Waals surface area contributed by atoms with Crippen molar-refractivity contribution in [2.45, 2.75) is 46.5 Å². The van der Waals surface area contributed by atoms with Crippen molar-refractivity contribution in [3.8, 4) is 16.8 Å². The van der Waals surface area contributed by atoms with E-state index in [4.69, 9.17) is 5.10 Å². The Morgan fingerprint density at radius 2 is 1.76 bits per heavy atom. The predicted octanol–water partition coefficient (Wildman–Crippen LogP) is 5.13. The van der Waals surface area contributed by atoms with Crippen LogP contribution in [-0.4, -0.2) is 39.6 Å². The minimum Gasteiger partial charge on any atom is -0.333 e. The van der Waals surface area contributed by atoms with Gasteiger partial charge in [0, 0.05) is 18.0 Å². The van der Waals surface area contributed by atoms with Crippen LogP contribution in [-0.2, 0) is 9.59 Å². The zero-order chi connectivity index (χ0) is 23.4. The van der Waals surface area contributed by atoms with Crippen LogP contribution < -0.4 is 5.32 Å². The molecule has 0 aliphatic heterocycles. The molecule has 1 aromatic heterocycles. The zero-order valence-electron chi connectivity index (χ0n) is 19.7. The van der Waals surface area contributed by atoms with Crippen LogP contribution in [0.25, 0.3) is 16.8 Å². The smallest absolute Gasteiger partial charge is 0.245 e. The van der Waals surface area contributed by atoms with Gasteiger partial charge in [0.1, 0.15) is 5.82 Å². The summed E-state index contributed by atoms with van der Waals surface area (Å²) < 4.78 is 1.81. The number of carbonyl (C=O) groups excluding carboxylic acids is 2. The summed E-state index contributed by atoms with van der Waals surface area (Å²) in [7, 11) is 0. The maximum atomic E-state index is 13.2. The Kier molecular flexibility index (Phi) is 6.92. The molecule has 172 valence electrons. The molecule has 6 nitrogen and oxygen atoms in total. The number of rotatable bonds is 9. The van der Waals surface area contributed by atoms with Gasteiger partial charge in [0.15, 0.2) is 0 Å². The van der Waals surface area contributed by atoms with Crippen molar-refractivity contribution in [2.75, 3.05) is 18.4 Å². The van der Waals surface area contributed by atoms with Gasteiger partial charge >= 0.3 is 0 Å². The second-order valence-electron chi connectivity index (χ2n) is 8.81. The van der Waals surface area contributed by atoms with Gasteiger partial charge in [0.2, 0.25) is 11.8 Å². The lowest BCUT2D eigenvalue weighted by molar-refractivity contribution is -0.135. The summed E-state index contributed by atoms with van der Waals surface area (Å²) >= 11 is 0. The van der Waals surface area contributed by atoms with Crippen molar-refractivity contribution in [1.29, 1.82) is 0 Å². The largest absolute Gasteiger partial charge is 0.333 e. The summed E-state index contributed by atoms with van der Waals surface area (Å²) in [5.41, 5.74) is 4.68. The molecule has 1 heterocycles. The number of hydrogen-bond donors (Lipinski definition) is 1. The van der Waals surface area contributed by atoms with E-state index in [1.165, 1.54) is 0 Å². The molecule has 0 unspecified atom stereocenters.